The number of ether oxygens (including phenoxy) is 3. The van der Waals surface area contributed by atoms with Gasteiger partial charge in [-0.1, -0.05) is 30.3 Å². The maximum absolute atomic E-state index is 14.1. The fraction of sp³-hybridized carbons (Fsp3) is 0.355. The summed E-state index contributed by atoms with van der Waals surface area (Å²) in [5.74, 6) is 0.274. The van der Waals surface area contributed by atoms with Crippen molar-refractivity contribution in [3.63, 3.8) is 0 Å². The molecule has 0 saturated carbocycles. The first kappa shape index (κ1) is 32.3. The summed E-state index contributed by atoms with van der Waals surface area (Å²) in [5, 5.41) is 2.91. The van der Waals surface area contributed by atoms with E-state index in [0.29, 0.717) is 11.5 Å². The van der Waals surface area contributed by atoms with Crippen LogP contribution in [-0.4, -0.2) is 64.6 Å². The van der Waals surface area contributed by atoms with E-state index in [4.69, 9.17) is 14.2 Å². The lowest BCUT2D eigenvalue weighted by molar-refractivity contribution is -0.140. The van der Waals surface area contributed by atoms with Crippen molar-refractivity contribution >= 4 is 27.5 Å². The first-order chi connectivity index (χ1) is 19.8. The van der Waals surface area contributed by atoms with E-state index in [9.17, 15) is 18.0 Å². The Morgan fingerprint density at radius 3 is 2.00 bits per heavy atom. The molecule has 3 aromatic rings. The third-order valence-electron chi connectivity index (χ3n) is 6.44. The van der Waals surface area contributed by atoms with Gasteiger partial charge in [0, 0.05) is 18.2 Å². The Bertz CT molecular complexity index is 1470. The zero-order valence-electron chi connectivity index (χ0n) is 25.1. The molecule has 0 saturated heterocycles. The summed E-state index contributed by atoms with van der Waals surface area (Å²) in [4.78, 5) is 28.8. The summed E-state index contributed by atoms with van der Waals surface area (Å²) in [6.07, 6.45) is 0. The second-order valence-electron chi connectivity index (χ2n) is 10.6. The SMILES string of the molecule is COc1ccc(CN(C(=O)CN(c2cc(OC)ccc2OC)S(=O)(=O)c2ccccc2)[C@@H](C)C(=O)NC(C)(C)C)cc1. The second-order valence-corrected chi connectivity index (χ2v) is 12.5. The maximum atomic E-state index is 14.1. The Balaban J connectivity index is 2.11. The highest BCUT2D eigenvalue weighted by Gasteiger charge is 2.34. The van der Waals surface area contributed by atoms with Gasteiger partial charge < -0.3 is 24.4 Å². The summed E-state index contributed by atoms with van der Waals surface area (Å²) in [6, 6.07) is 18.7. The van der Waals surface area contributed by atoms with E-state index in [-0.39, 0.29) is 28.8 Å². The van der Waals surface area contributed by atoms with E-state index < -0.39 is 34.1 Å². The Labute approximate surface area is 248 Å². The van der Waals surface area contributed by atoms with Crippen LogP contribution in [0, 0.1) is 0 Å². The number of nitrogens with one attached hydrogen (secondary N) is 1. The number of carbonyl (C=O) groups excluding carboxylic acids is 2. The van der Waals surface area contributed by atoms with Crippen LogP contribution in [0.15, 0.2) is 77.7 Å². The van der Waals surface area contributed by atoms with Gasteiger partial charge in [0.2, 0.25) is 11.8 Å². The number of hydrogen-bond donors (Lipinski definition) is 1. The molecule has 11 heteroatoms. The first-order valence-electron chi connectivity index (χ1n) is 13.3. The lowest BCUT2D eigenvalue weighted by Crippen LogP contribution is -2.54. The van der Waals surface area contributed by atoms with Crippen LogP contribution in [-0.2, 0) is 26.2 Å². The molecule has 0 spiro atoms. The van der Waals surface area contributed by atoms with E-state index in [1.54, 1.807) is 68.6 Å². The van der Waals surface area contributed by atoms with Crippen molar-refractivity contribution in [3.05, 3.63) is 78.4 Å². The molecule has 42 heavy (non-hydrogen) atoms. The van der Waals surface area contributed by atoms with E-state index in [1.165, 1.54) is 37.3 Å². The Morgan fingerprint density at radius 1 is 0.857 bits per heavy atom. The monoisotopic (exact) mass is 597 g/mol. The molecule has 1 N–H and O–H groups in total. The molecule has 226 valence electrons. The van der Waals surface area contributed by atoms with Crippen LogP contribution in [0.3, 0.4) is 0 Å². The molecule has 3 rings (SSSR count). The van der Waals surface area contributed by atoms with Crippen LogP contribution >= 0.6 is 0 Å². The number of carbonyl (C=O) groups is 2. The molecule has 0 bridgehead atoms. The van der Waals surface area contributed by atoms with Gasteiger partial charge >= 0.3 is 0 Å². The highest BCUT2D eigenvalue weighted by atomic mass is 32.2. The van der Waals surface area contributed by atoms with Crippen LogP contribution < -0.4 is 23.8 Å². The fourth-order valence-electron chi connectivity index (χ4n) is 4.21. The van der Waals surface area contributed by atoms with Gasteiger partial charge in [0.15, 0.2) is 0 Å². The van der Waals surface area contributed by atoms with Gasteiger partial charge in [0.05, 0.1) is 31.9 Å². The summed E-state index contributed by atoms with van der Waals surface area (Å²) < 4.78 is 45.2. The van der Waals surface area contributed by atoms with Crippen molar-refractivity contribution in [2.24, 2.45) is 0 Å². The summed E-state index contributed by atoms with van der Waals surface area (Å²) >= 11 is 0. The van der Waals surface area contributed by atoms with Gasteiger partial charge in [0.1, 0.15) is 29.8 Å². The Hall–Kier alpha value is -4.25. The average molecular weight is 598 g/mol. The Morgan fingerprint density at radius 2 is 1.45 bits per heavy atom. The van der Waals surface area contributed by atoms with Crippen molar-refractivity contribution in [2.45, 2.75) is 50.7 Å². The minimum Gasteiger partial charge on any atom is -0.497 e. The number of amides is 2. The number of benzene rings is 3. The molecule has 10 nitrogen and oxygen atoms in total. The number of hydrogen-bond acceptors (Lipinski definition) is 7. The molecule has 0 heterocycles. The van der Waals surface area contributed by atoms with E-state index >= 15 is 0 Å². The lowest BCUT2D eigenvalue weighted by atomic mass is 10.1. The van der Waals surface area contributed by atoms with Crippen molar-refractivity contribution in [3.8, 4) is 17.2 Å². The molecule has 0 aliphatic carbocycles. The quantitative estimate of drug-likeness (QED) is 0.332. The minimum atomic E-state index is -4.26. The number of anilines is 1. The van der Waals surface area contributed by atoms with Crippen molar-refractivity contribution in [1.82, 2.24) is 10.2 Å². The highest BCUT2D eigenvalue weighted by molar-refractivity contribution is 7.92. The van der Waals surface area contributed by atoms with Crippen LogP contribution in [0.1, 0.15) is 33.3 Å². The molecule has 0 unspecified atom stereocenters. The van der Waals surface area contributed by atoms with Gasteiger partial charge in [-0.05, 0) is 69.7 Å². The summed E-state index contributed by atoms with van der Waals surface area (Å²) in [6.45, 7) is 6.59. The Kier molecular flexibility index (Phi) is 10.5. The minimum absolute atomic E-state index is 0.0112. The molecular weight excluding hydrogens is 558 g/mol. The molecule has 0 aliphatic heterocycles. The van der Waals surface area contributed by atoms with Crippen LogP contribution in [0.4, 0.5) is 5.69 Å². The predicted octanol–water partition coefficient (Wildman–Crippen LogP) is 4.24. The molecule has 1 atom stereocenters. The van der Waals surface area contributed by atoms with Crippen molar-refractivity contribution in [2.75, 3.05) is 32.2 Å². The third-order valence-corrected chi connectivity index (χ3v) is 8.22. The number of nitrogens with zero attached hydrogens (tertiary/aromatic N) is 2. The normalized spacial score (nSPS) is 12.2. The molecule has 0 aromatic heterocycles. The van der Waals surface area contributed by atoms with Gasteiger partial charge in [0.25, 0.3) is 10.0 Å². The maximum Gasteiger partial charge on any atom is 0.264 e. The standard InChI is InChI=1S/C31H39N3O7S/c1-22(30(36)32-31(2,3)4)33(20-23-13-15-24(39-5)16-14-23)29(35)21-34(42(37,38)26-11-9-8-10-12-26)27-19-25(40-6)17-18-28(27)41-7/h8-19,22H,20-21H2,1-7H3,(H,32,36)/t22-/m0/s1. The summed E-state index contributed by atoms with van der Waals surface area (Å²) in [7, 11) is 0.159. The molecule has 0 radical (unpaired) electrons. The largest absolute Gasteiger partial charge is 0.497 e. The van der Waals surface area contributed by atoms with E-state index in [0.717, 1.165) is 9.87 Å². The first-order valence-corrected chi connectivity index (χ1v) is 14.8. The smallest absolute Gasteiger partial charge is 0.264 e. The van der Waals surface area contributed by atoms with Crippen LogP contribution in [0.25, 0.3) is 0 Å². The van der Waals surface area contributed by atoms with E-state index in [2.05, 4.69) is 5.32 Å². The van der Waals surface area contributed by atoms with Gasteiger partial charge in [-0.25, -0.2) is 8.42 Å². The van der Waals surface area contributed by atoms with E-state index in [1.807, 2.05) is 20.8 Å². The number of sulfonamides is 1. The van der Waals surface area contributed by atoms with Gasteiger partial charge in [-0.3, -0.25) is 13.9 Å². The highest BCUT2D eigenvalue weighted by Crippen LogP contribution is 2.36. The molecule has 0 fully saturated rings. The third kappa shape index (κ3) is 7.94. The second kappa shape index (κ2) is 13.6. The molecule has 3 aromatic carbocycles. The molecular formula is C31H39N3O7S. The summed E-state index contributed by atoms with van der Waals surface area (Å²) in [5.41, 5.74) is 0.304. The predicted molar refractivity (Wildman–Crippen MR) is 161 cm³/mol. The zero-order valence-corrected chi connectivity index (χ0v) is 25.9. The topological polar surface area (TPSA) is 114 Å². The average Bonchev–Trinajstić information content (AvgIpc) is 2.97. The number of methoxy groups -OCH3 is 3. The lowest BCUT2D eigenvalue weighted by Gasteiger charge is -2.33. The molecule has 0 aliphatic rings. The molecule has 2 amide bonds. The van der Waals surface area contributed by atoms with Crippen LogP contribution in [0.5, 0.6) is 17.2 Å². The fourth-order valence-corrected chi connectivity index (χ4v) is 5.65. The van der Waals surface area contributed by atoms with Crippen LogP contribution in [0.2, 0.25) is 0 Å². The van der Waals surface area contributed by atoms with Gasteiger partial charge in [-0.2, -0.15) is 0 Å². The van der Waals surface area contributed by atoms with Gasteiger partial charge in [-0.15, -0.1) is 0 Å². The number of rotatable bonds is 12. The zero-order chi connectivity index (χ0) is 31.1. The van der Waals surface area contributed by atoms with Crippen molar-refractivity contribution < 1.29 is 32.2 Å². The van der Waals surface area contributed by atoms with Crippen molar-refractivity contribution in [1.29, 1.82) is 0 Å².